The van der Waals surface area contributed by atoms with Gasteiger partial charge in [0.15, 0.2) is 5.65 Å². The van der Waals surface area contributed by atoms with Crippen LogP contribution in [0.5, 0.6) is 0 Å². The molecular formula is C15H16N4. The second-order valence-electron chi connectivity index (χ2n) is 4.75. The molecule has 96 valence electrons. The first kappa shape index (κ1) is 11.7. The molecule has 0 spiro atoms. The molecule has 3 rings (SSSR count). The lowest BCUT2D eigenvalue weighted by molar-refractivity contribution is 0.839. The Kier molecular flexibility index (Phi) is 2.91. The maximum absolute atomic E-state index is 5.88. The van der Waals surface area contributed by atoms with Crippen LogP contribution in [-0.4, -0.2) is 14.6 Å². The van der Waals surface area contributed by atoms with Gasteiger partial charge < -0.3 is 5.73 Å². The number of nitrogens with two attached hydrogens (primary N) is 1. The molecule has 0 amide bonds. The molecule has 0 atom stereocenters. The van der Waals surface area contributed by atoms with Gasteiger partial charge in [0.2, 0.25) is 0 Å². The van der Waals surface area contributed by atoms with Crippen molar-refractivity contribution in [3.8, 4) is 0 Å². The topological polar surface area (TPSA) is 56.2 Å². The lowest BCUT2D eigenvalue weighted by atomic mass is 10.1. The molecular weight excluding hydrogens is 236 g/mol. The van der Waals surface area contributed by atoms with Crippen molar-refractivity contribution < 1.29 is 0 Å². The van der Waals surface area contributed by atoms with E-state index in [2.05, 4.69) is 34.5 Å². The first-order chi connectivity index (χ1) is 9.24. The third kappa shape index (κ3) is 2.29. The van der Waals surface area contributed by atoms with E-state index >= 15 is 0 Å². The number of rotatable bonds is 3. The summed E-state index contributed by atoms with van der Waals surface area (Å²) >= 11 is 0. The van der Waals surface area contributed by atoms with Gasteiger partial charge in [-0.2, -0.15) is 0 Å². The van der Waals surface area contributed by atoms with E-state index in [1.165, 1.54) is 5.56 Å². The maximum Gasteiger partial charge on any atom is 0.163 e. The lowest BCUT2D eigenvalue weighted by Crippen LogP contribution is -2.00. The van der Waals surface area contributed by atoms with Crippen molar-refractivity contribution in [3.05, 3.63) is 59.5 Å². The van der Waals surface area contributed by atoms with Crippen LogP contribution >= 0.6 is 0 Å². The number of anilines is 1. The highest BCUT2D eigenvalue weighted by atomic mass is 15.2. The van der Waals surface area contributed by atoms with Crippen LogP contribution in [0.2, 0.25) is 0 Å². The molecule has 0 radical (unpaired) electrons. The highest BCUT2D eigenvalue weighted by molar-refractivity contribution is 5.54. The molecule has 2 N–H and O–H groups in total. The fraction of sp³-hybridized carbons (Fsp3) is 0.200. The number of nitrogen functional groups attached to an aromatic ring is 1. The molecule has 4 nitrogen and oxygen atoms in total. The van der Waals surface area contributed by atoms with Gasteiger partial charge in [-0.05, 0) is 30.5 Å². The number of benzene rings is 1. The largest absolute Gasteiger partial charge is 0.398 e. The molecule has 1 aromatic carbocycles. The number of hydrogen-bond donors (Lipinski definition) is 1. The Labute approximate surface area is 111 Å². The van der Waals surface area contributed by atoms with Gasteiger partial charge in [-0.25, -0.2) is 0 Å². The summed E-state index contributed by atoms with van der Waals surface area (Å²) < 4.78 is 1.99. The van der Waals surface area contributed by atoms with Crippen molar-refractivity contribution in [1.82, 2.24) is 14.6 Å². The van der Waals surface area contributed by atoms with E-state index in [0.29, 0.717) is 0 Å². The molecule has 0 bridgehead atoms. The van der Waals surface area contributed by atoms with E-state index in [1.807, 2.05) is 29.7 Å². The molecule has 3 aromatic rings. The van der Waals surface area contributed by atoms with E-state index in [9.17, 15) is 0 Å². The highest BCUT2D eigenvalue weighted by Gasteiger charge is 2.08. The minimum Gasteiger partial charge on any atom is -0.398 e. The monoisotopic (exact) mass is 252 g/mol. The molecule has 0 aliphatic rings. The second-order valence-corrected chi connectivity index (χ2v) is 4.75. The second kappa shape index (κ2) is 4.72. The number of nitrogens with zero attached hydrogens (tertiary/aromatic N) is 3. The van der Waals surface area contributed by atoms with E-state index < -0.39 is 0 Å². The highest BCUT2D eigenvalue weighted by Crippen LogP contribution is 2.15. The lowest BCUT2D eigenvalue weighted by Gasteiger charge is -2.03. The average molecular weight is 252 g/mol. The van der Waals surface area contributed by atoms with Crippen molar-refractivity contribution in [2.45, 2.75) is 19.8 Å². The van der Waals surface area contributed by atoms with Gasteiger partial charge in [0.1, 0.15) is 5.82 Å². The molecule has 0 aliphatic heterocycles. The number of aryl methyl sites for hydroxylation is 3. The summed E-state index contributed by atoms with van der Waals surface area (Å²) in [7, 11) is 0. The molecule has 0 fully saturated rings. The van der Waals surface area contributed by atoms with Crippen LogP contribution in [-0.2, 0) is 12.8 Å². The van der Waals surface area contributed by atoms with Gasteiger partial charge in [0, 0.05) is 18.3 Å². The molecule has 19 heavy (non-hydrogen) atoms. The number of pyridine rings is 1. The first-order valence-electron chi connectivity index (χ1n) is 6.38. The van der Waals surface area contributed by atoms with Crippen LogP contribution in [0.1, 0.15) is 17.0 Å². The average Bonchev–Trinajstić information content (AvgIpc) is 2.81. The molecule has 4 heteroatoms. The fourth-order valence-corrected chi connectivity index (χ4v) is 2.30. The van der Waals surface area contributed by atoms with E-state index in [0.717, 1.165) is 35.6 Å². The molecule has 0 saturated carbocycles. The molecule has 0 aliphatic carbocycles. The van der Waals surface area contributed by atoms with Crippen LogP contribution in [0.25, 0.3) is 5.65 Å². The SMILES string of the molecule is Cc1cc(N)cn2c(CCc3ccccc3)nnc12. The molecule has 0 saturated heterocycles. The maximum atomic E-state index is 5.88. The van der Waals surface area contributed by atoms with Crippen LogP contribution < -0.4 is 5.73 Å². The van der Waals surface area contributed by atoms with Crippen molar-refractivity contribution in [2.24, 2.45) is 0 Å². The predicted molar refractivity (Wildman–Crippen MR) is 76.0 cm³/mol. The third-order valence-corrected chi connectivity index (χ3v) is 3.26. The van der Waals surface area contributed by atoms with E-state index in [-0.39, 0.29) is 0 Å². The zero-order valence-electron chi connectivity index (χ0n) is 10.9. The fourth-order valence-electron chi connectivity index (χ4n) is 2.30. The molecule has 2 aromatic heterocycles. The van der Waals surface area contributed by atoms with Gasteiger partial charge in [0.25, 0.3) is 0 Å². The normalized spacial score (nSPS) is 11.0. The Balaban J connectivity index is 1.89. The van der Waals surface area contributed by atoms with Gasteiger partial charge in [0.05, 0.1) is 0 Å². The van der Waals surface area contributed by atoms with Crippen LogP contribution in [0, 0.1) is 6.92 Å². The smallest absolute Gasteiger partial charge is 0.163 e. The van der Waals surface area contributed by atoms with Crippen LogP contribution in [0.4, 0.5) is 5.69 Å². The van der Waals surface area contributed by atoms with Crippen molar-refractivity contribution in [2.75, 3.05) is 5.73 Å². The summed E-state index contributed by atoms with van der Waals surface area (Å²) in [6.45, 7) is 2.00. The standard InChI is InChI=1S/C15H16N4/c1-11-9-13(16)10-19-14(17-18-15(11)19)8-7-12-5-3-2-4-6-12/h2-6,9-10H,7-8,16H2,1H3. The van der Waals surface area contributed by atoms with Crippen molar-refractivity contribution in [1.29, 1.82) is 0 Å². The van der Waals surface area contributed by atoms with Crippen LogP contribution in [0.15, 0.2) is 42.6 Å². The number of fused-ring (bicyclic) bond motifs is 1. The molecule has 2 heterocycles. The summed E-state index contributed by atoms with van der Waals surface area (Å²) in [6.07, 6.45) is 3.70. The number of aromatic nitrogens is 3. The Hall–Kier alpha value is -2.36. The van der Waals surface area contributed by atoms with Crippen LogP contribution in [0.3, 0.4) is 0 Å². The third-order valence-electron chi connectivity index (χ3n) is 3.26. The Morgan fingerprint density at radius 3 is 2.68 bits per heavy atom. The Bertz CT molecular complexity index is 701. The summed E-state index contributed by atoms with van der Waals surface area (Å²) in [5.74, 6) is 0.953. The molecule has 0 unspecified atom stereocenters. The van der Waals surface area contributed by atoms with Gasteiger partial charge in [-0.15, -0.1) is 10.2 Å². The van der Waals surface area contributed by atoms with Gasteiger partial charge in [-0.3, -0.25) is 4.40 Å². The predicted octanol–water partition coefficient (Wildman–Crippen LogP) is 2.41. The Morgan fingerprint density at radius 2 is 1.89 bits per heavy atom. The minimum atomic E-state index is 0.741. The first-order valence-corrected chi connectivity index (χ1v) is 6.38. The summed E-state index contributed by atoms with van der Waals surface area (Å²) in [5, 5.41) is 8.50. The Morgan fingerprint density at radius 1 is 1.11 bits per heavy atom. The summed E-state index contributed by atoms with van der Waals surface area (Å²) in [6, 6.07) is 12.3. The summed E-state index contributed by atoms with van der Waals surface area (Å²) in [4.78, 5) is 0. The number of hydrogen-bond acceptors (Lipinski definition) is 3. The zero-order valence-corrected chi connectivity index (χ0v) is 10.9. The van der Waals surface area contributed by atoms with E-state index in [1.54, 1.807) is 0 Å². The minimum absolute atomic E-state index is 0.741. The van der Waals surface area contributed by atoms with E-state index in [4.69, 9.17) is 5.73 Å². The van der Waals surface area contributed by atoms with Crippen molar-refractivity contribution in [3.63, 3.8) is 0 Å². The quantitative estimate of drug-likeness (QED) is 0.778. The van der Waals surface area contributed by atoms with Crippen molar-refractivity contribution >= 4 is 11.3 Å². The van der Waals surface area contributed by atoms with Gasteiger partial charge in [-0.1, -0.05) is 30.3 Å². The summed E-state index contributed by atoms with van der Waals surface area (Å²) in [5.41, 5.74) is 9.87. The van der Waals surface area contributed by atoms with Gasteiger partial charge >= 0.3 is 0 Å². The zero-order chi connectivity index (χ0) is 13.2.